The normalized spacial score (nSPS) is 36.8. The first-order chi connectivity index (χ1) is 16.1. The summed E-state index contributed by atoms with van der Waals surface area (Å²) in [5, 5.41) is 12.8. The molecule has 1 unspecified atom stereocenters. The third-order valence-corrected chi connectivity index (χ3v) is 7.74. The number of carbonyl (C=O) groups excluding carboxylic acids is 3. The number of hydrogen-bond acceptors (Lipinski definition) is 5. The molecule has 0 aromatic heterocycles. The molecule has 180 valence electrons. The van der Waals surface area contributed by atoms with E-state index in [1.807, 2.05) is 37.3 Å². The van der Waals surface area contributed by atoms with E-state index in [0.717, 1.165) is 11.1 Å². The molecule has 1 spiro atoms. The lowest BCUT2D eigenvalue weighted by atomic mass is 9.63. The summed E-state index contributed by atoms with van der Waals surface area (Å²) in [7, 11) is 0. The summed E-state index contributed by atoms with van der Waals surface area (Å²) >= 11 is 0. The molecular formula is C28H33NO5. The van der Waals surface area contributed by atoms with Crippen LogP contribution in [0.4, 0.5) is 0 Å². The van der Waals surface area contributed by atoms with Gasteiger partial charge in [-0.3, -0.25) is 9.59 Å². The van der Waals surface area contributed by atoms with E-state index in [9.17, 15) is 19.5 Å². The zero-order valence-electron chi connectivity index (χ0n) is 20.2. The van der Waals surface area contributed by atoms with Gasteiger partial charge in [0.15, 0.2) is 0 Å². The van der Waals surface area contributed by atoms with Gasteiger partial charge >= 0.3 is 5.97 Å². The fourth-order valence-corrected chi connectivity index (χ4v) is 5.71. The van der Waals surface area contributed by atoms with Crippen molar-refractivity contribution < 1.29 is 24.2 Å². The predicted molar refractivity (Wildman–Crippen MR) is 129 cm³/mol. The molecule has 1 aliphatic carbocycles. The minimum Gasteiger partial charge on any atom is -0.508 e. The molecule has 1 amide bonds. The summed E-state index contributed by atoms with van der Waals surface area (Å²) in [6, 6.07) is 6.71. The van der Waals surface area contributed by atoms with Crippen molar-refractivity contribution >= 4 is 17.7 Å². The Morgan fingerprint density at radius 3 is 2.50 bits per heavy atom. The summed E-state index contributed by atoms with van der Waals surface area (Å²) < 4.78 is 6.08. The van der Waals surface area contributed by atoms with Crippen LogP contribution in [0.2, 0.25) is 0 Å². The van der Waals surface area contributed by atoms with Crippen molar-refractivity contribution in [3.63, 3.8) is 0 Å². The maximum absolute atomic E-state index is 13.6. The summed E-state index contributed by atoms with van der Waals surface area (Å²) in [5.74, 6) is -1.95. The number of nitrogens with one attached hydrogen (secondary N) is 1. The van der Waals surface area contributed by atoms with Gasteiger partial charge in [0.25, 0.3) is 5.91 Å². The van der Waals surface area contributed by atoms with Crippen LogP contribution in [-0.4, -0.2) is 34.4 Å². The Morgan fingerprint density at radius 1 is 1.09 bits per heavy atom. The van der Waals surface area contributed by atoms with Gasteiger partial charge in [0.05, 0.1) is 0 Å². The van der Waals surface area contributed by atoms with E-state index in [1.54, 1.807) is 25.1 Å². The summed E-state index contributed by atoms with van der Waals surface area (Å²) in [6.45, 7) is 7.78. The second-order valence-corrected chi connectivity index (χ2v) is 10.0. The number of carbonyl (C=O) groups is 3. The van der Waals surface area contributed by atoms with Gasteiger partial charge in [-0.05, 0) is 43.4 Å². The first kappa shape index (κ1) is 24.0. The zero-order chi connectivity index (χ0) is 24.6. The summed E-state index contributed by atoms with van der Waals surface area (Å²) in [6.07, 6.45) is 9.88. The van der Waals surface area contributed by atoms with Crippen LogP contribution in [0, 0.1) is 29.6 Å². The van der Waals surface area contributed by atoms with Crippen LogP contribution in [-0.2, 0) is 25.5 Å². The second-order valence-electron chi connectivity index (χ2n) is 10.0. The first-order valence-electron chi connectivity index (χ1n) is 12.0. The molecule has 0 radical (unpaired) electrons. The SMILES string of the molecule is CC1=C[C@@H]2C=CC[C@H](C)C(=O)[C@H](C)/C=C/C(=O)OC23C(=O)N[C@@H](Cc2ccc(O)cc2)[C@@H]3[C@@H]1C. The van der Waals surface area contributed by atoms with Crippen molar-refractivity contribution in [2.45, 2.75) is 52.2 Å². The van der Waals surface area contributed by atoms with Gasteiger partial charge in [-0.25, -0.2) is 4.79 Å². The topological polar surface area (TPSA) is 92.7 Å². The Hall–Kier alpha value is -3.15. The Balaban J connectivity index is 1.77. The zero-order valence-corrected chi connectivity index (χ0v) is 20.2. The van der Waals surface area contributed by atoms with Crippen LogP contribution in [0.5, 0.6) is 5.75 Å². The molecule has 2 N–H and O–H groups in total. The van der Waals surface area contributed by atoms with Crippen LogP contribution in [0.3, 0.4) is 0 Å². The molecule has 2 aliphatic heterocycles. The van der Waals surface area contributed by atoms with Gasteiger partial charge in [0.1, 0.15) is 11.5 Å². The molecule has 2 heterocycles. The van der Waals surface area contributed by atoms with Gasteiger partial charge in [-0.15, -0.1) is 0 Å². The number of amides is 1. The number of ether oxygens (including phenoxy) is 1. The smallest absolute Gasteiger partial charge is 0.331 e. The number of Topliss-reactive ketones (excluding diaryl/α,β-unsaturated/α-hetero) is 1. The van der Waals surface area contributed by atoms with Gasteiger partial charge in [0.2, 0.25) is 5.60 Å². The number of benzene rings is 1. The molecule has 3 aliphatic rings. The quantitative estimate of drug-likeness (QED) is 0.513. The number of esters is 1. The second kappa shape index (κ2) is 9.24. The van der Waals surface area contributed by atoms with Gasteiger partial charge in [0, 0.05) is 35.8 Å². The molecule has 0 bridgehead atoms. The highest BCUT2D eigenvalue weighted by atomic mass is 16.6. The number of aromatic hydroxyl groups is 1. The van der Waals surface area contributed by atoms with Crippen LogP contribution in [0.1, 0.15) is 39.7 Å². The molecule has 1 fully saturated rings. The average Bonchev–Trinajstić information content (AvgIpc) is 3.07. The van der Waals surface area contributed by atoms with Crippen molar-refractivity contribution in [3.8, 4) is 5.75 Å². The first-order valence-corrected chi connectivity index (χ1v) is 12.0. The Kier molecular flexibility index (Phi) is 6.52. The molecule has 0 saturated carbocycles. The van der Waals surface area contributed by atoms with Crippen LogP contribution in [0.15, 0.2) is 60.2 Å². The number of phenolic OH excluding ortho intramolecular Hbond substituents is 1. The third kappa shape index (κ3) is 4.22. The largest absolute Gasteiger partial charge is 0.508 e. The summed E-state index contributed by atoms with van der Waals surface area (Å²) in [4.78, 5) is 39.2. The molecule has 6 nitrogen and oxygen atoms in total. The molecule has 1 aromatic rings. The number of allylic oxidation sites excluding steroid dienone is 3. The molecule has 1 saturated heterocycles. The number of rotatable bonds is 2. The Labute approximate surface area is 200 Å². The lowest BCUT2D eigenvalue weighted by Crippen LogP contribution is -2.56. The molecular weight excluding hydrogens is 430 g/mol. The van der Waals surface area contributed by atoms with Crippen molar-refractivity contribution in [3.05, 3.63) is 65.8 Å². The van der Waals surface area contributed by atoms with E-state index in [4.69, 9.17) is 4.74 Å². The van der Waals surface area contributed by atoms with E-state index in [2.05, 4.69) is 19.2 Å². The molecule has 6 heteroatoms. The van der Waals surface area contributed by atoms with E-state index in [0.29, 0.717) is 12.8 Å². The minimum absolute atomic E-state index is 0.00910. The van der Waals surface area contributed by atoms with Gasteiger partial charge < -0.3 is 15.2 Å². The van der Waals surface area contributed by atoms with Crippen LogP contribution >= 0.6 is 0 Å². The molecule has 1 aromatic carbocycles. The van der Waals surface area contributed by atoms with Crippen LogP contribution in [0.25, 0.3) is 0 Å². The van der Waals surface area contributed by atoms with Crippen LogP contribution < -0.4 is 5.32 Å². The Bertz CT molecular complexity index is 1070. The number of ketones is 1. The fraction of sp³-hybridized carbons (Fsp3) is 0.464. The fourth-order valence-electron chi connectivity index (χ4n) is 5.71. The van der Waals surface area contributed by atoms with E-state index in [1.165, 1.54) is 6.08 Å². The maximum Gasteiger partial charge on any atom is 0.331 e. The minimum atomic E-state index is -1.37. The maximum atomic E-state index is 13.6. The molecule has 34 heavy (non-hydrogen) atoms. The third-order valence-electron chi connectivity index (χ3n) is 7.74. The van der Waals surface area contributed by atoms with Crippen molar-refractivity contribution in [1.29, 1.82) is 0 Å². The van der Waals surface area contributed by atoms with Gasteiger partial charge in [-0.2, -0.15) is 0 Å². The summed E-state index contributed by atoms with van der Waals surface area (Å²) in [5.41, 5.74) is 0.750. The Morgan fingerprint density at radius 2 is 1.79 bits per heavy atom. The average molecular weight is 464 g/mol. The standard InChI is InChI=1S/C28H33NO5/c1-16-6-5-7-21-14-18(3)19(4)25-23(15-20-9-11-22(30)12-10-20)29-27(33)28(21,25)34-24(31)13-8-17(2)26(16)32/h5,7-14,16-17,19,21,23,25,30H,6,15H2,1-4H3,(H,29,33)/b7-5?,13-8+/t16-,17+,19+,21-,23-,25-,28?/m0/s1. The highest BCUT2D eigenvalue weighted by molar-refractivity contribution is 5.95. The van der Waals surface area contributed by atoms with E-state index in [-0.39, 0.29) is 41.2 Å². The van der Waals surface area contributed by atoms with E-state index >= 15 is 0 Å². The predicted octanol–water partition coefficient (Wildman–Crippen LogP) is 3.90. The highest BCUT2D eigenvalue weighted by Gasteiger charge is 2.64. The van der Waals surface area contributed by atoms with E-state index < -0.39 is 23.4 Å². The van der Waals surface area contributed by atoms with Gasteiger partial charge in [-0.1, -0.05) is 62.8 Å². The monoisotopic (exact) mass is 463 g/mol. The number of phenols is 1. The molecule has 4 rings (SSSR count). The lowest BCUT2D eigenvalue weighted by molar-refractivity contribution is -0.172. The lowest BCUT2D eigenvalue weighted by Gasteiger charge is -2.44. The van der Waals surface area contributed by atoms with Crippen molar-refractivity contribution in [2.24, 2.45) is 29.6 Å². The number of hydrogen-bond donors (Lipinski definition) is 2. The van der Waals surface area contributed by atoms with Crippen molar-refractivity contribution in [1.82, 2.24) is 5.32 Å². The van der Waals surface area contributed by atoms with Crippen molar-refractivity contribution in [2.75, 3.05) is 0 Å². The molecule has 7 atom stereocenters. The highest BCUT2D eigenvalue weighted by Crippen LogP contribution is 2.50.